The summed E-state index contributed by atoms with van der Waals surface area (Å²) in [5.41, 5.74) is 3.06. The van der Waals surface area contributed by atoms with Gasteiger partial charge < -0.3 is 19.6 Å². The lowest BCUT2D eigenvalue weighted by Crippen LogP contribution is -2.01. The maximum atomic E-state index is 11.9. The van der Waals surface area contributed by atoms with E-state index in [2.05, 4.69) is 9.97 Å². The quantitative estimate of drug-likeness (QED) is 0.183. The van der Waals surface area contributed by atoms with Crippen molar-refractivity contribution in [3.8, 4) is 11.5 Å². The van der Waals surface area contributed by atoms with Crippen LogP contribution in [0.3, 0.4) is 0 Å². The van der Waals surface area contributed by atoms with Gasteiger partial charge in [-0.15, -0.1) is 0 Å². The average molecular weight is 515 g/mol. The van der Waals surface area contributed by atoms with Gasteiger partial charge in [-0.1, -0.05) is 47.5 Å². The third-order valence-electron chi connectivity index (χ3n) is 4.75. The highest BCUT2D eigenvalue weighted by molar-refractivity contribution is 8.04. The van der Waals surface area contributed by atoms with E-state index in [0.29, 0.717) is 38.9 Å². The smallest absolute Gasteiger partial charge is 0.342 e. The number of carboxylic acid groups (broad SMARTS) is 1. The number of benzene rings is 3. The number of hydrogen-bond donors (Lipinski definition) is 2. The number of thioether (sulfide) groups is 1. The number of rotatable bonds is 9. The molecule has 0 aliphatic heterocycles. The van der Waals surface area contributed by atoms with Crippen molar-refractivity contribution in [2.24, 2.45) is 0 Å². The molecule has 0 atom stereocenters. The normalized spacial score (nSPS) is 11.6. The molecule has 3 aromatic carbocycles. The number of carbonyl (C=O) groups is 1. The van der Waals surface area contributed by atoms with Crippen LogP contribution >= 0.6 is 35.0 Å². The minimum absolute atomic E-state index is 0.114. The number of nitrogens with one attached hydrogen (secondary N) is 1. The van der Waals surface area contributed by atoms with E-state index in [9.17, 15) is 9.90 Å². The Morgan fingerprint density at radius 2 is 1.91 bits per heavy atom. The zero-order valence-electron chi connectivity index (χ0n) is 18.0. The highest BCUT2D eigenvalue weighted by Gasteiger charge is 2.14. The first-order valence-electron chi connectivity index (χ1n) is 10.3. The van der Waals surface area contributed by atoms with Crippen molar-refractivity contribution in [3.05, 3.63) is 86.7 Å². The summed E-state index contributed by atoms with van der Waals surface area (Å²) in [6, 6.07) is 18.0. The molecule has 1 heterocycles. The van der Waals surface area contributed by atoms with Crippen LogP contribution in [0.15, 0.2) is 70.7 Å². The predicted molar refractivity (Wildman–Crippen MR) is 136 cm³/mol. The molecule has 4 rings (SSSR count). The summed E-state index contributed by atoms with van der Waals surface area (Å²) >= 11 is 13.2. The fraction of sp³-hybridized carbons (Fsp3) is 0.120. The van der Waals surface area contributed by atoms with Crippen LogP contribution in [0.1, 0.15) is 18.1 Å². The number of nitrogens with zero attached hydrogens (tertiary/aromatic N) is 1. The largest absolute Gasteiger partial charge is 0.490 e. The molecule has 0 saturated heterocycles. The number of carboxylic acids is 1. The van der Waals surface area contributed by atoms with Crippen molar-refractivity contribution in [2.75, 3.05) is 6.61 Å². The molecule has 34 heavy (non-hydrogen) atoms. The van der Waals surface area contributed by atoms with E-state index < -0.39 is 5.97 Å². The fourth-order valence-corrected chi connectivity index (χ4v) is 4.42. The molecule has 0 spiro atoms. The van der Waals surface area contributed by atoms with Crippen LogP contribution < -0.4 is 9.47 Å². The molecule has 0 fully saturated rings. The number of hydrogen-bond acceptors (Lipinski definition) is 5. The Hall–Kier alpha value is -3.13. The van der Waals surface area contributed by atoms with Gasteiger partial charge in [0.2, 0.25) is 0 Å². The topological polar surface area (TPSA) is 84.4 Å². The zero-order chi connectivity index (χ0) is 24.1. The van der Waals surface area contributed by atoms with E-state index in [-0.39, 0.29) is 11.5 Å². The molecule has 0 unspecified atom stereocenters. The predicted octanol–water partition coefficient (Wildman–Crippen LogP) is 7.07. The van der Waals surface area contributed by atoms with Crippen LogP contribution in [-0.2, 0) is 11.4 Å². The van der Waals surface area contributed by atoms with Crippen LogP contribution in [0, 0.1) is 0 Å². The van der Waals surface area contributed by atoms with E-state index in [1.807, 2.05) is 31.2 Å². The summed E-state index contributed by atoms with van der Waals surface area (Å²) in [5.74, 6) is -0.0345. The number of aliphatic carboxylic acids is 1. The van der Waals surface area contributed by atoms with Crippen molar-refractivity contribution < 1.29 is 19.4 Å². The third kappa shape index (κ3) is 5.86. The van der Waals surface area contributed by atoms with Crippen molar-refractivity contribution >= 4 is 58.0 Å². The molecule has 0 aliphatic carbocycles. The van der Waals surface area contributed by atoms with Gasteiger partial charge in [-0.25, -0.2) is 9.78 Å². The molecule has 0 radical (unpaired) electrons. The summed E-state index contributed by atoms with van der Waals surface area (Å²) in [5, 5.41) is 11.3. The van der Waals surface area contributed by atoms with Gasteiger partial charge in [0.25, 0.3) is 0 Å². The SMILES string of the molecule is CCOc1cc(/C=C(\Sc2nc3ccccc3[nH]2)C(=O)O)ccc1OCc1ccc(Cl)cc1Cl. The van der Waals surface area contributed by atoms with Crippen LogP contribution in [-0.4, -0.2) is 27.7 Å². The summed E-state index contributed by atoms with van der Waals surface area (Å²) < 4.78 is 11.7. The number of ether oxygens (including phenoxy) is 2. The molecule has 0 bridgehead atoms. The lowest BCUT2D eigenvalue weighted by atomic mass is 10.2. The molecule has 0 aliphatic rings. The van der Waals surface area contributed by atoms with Crippen LogP contribution in [0.4, 0.5) is 0 Å². The van der Waals surface area contributed by atoms with Crippen molar-refractivity contribution in [2.45, 2.75) is 18.7 Å². The Bertz CT molecular complexity index is 1340. The highest BCUT2D eigenvalue weighted by Crippen LogP contribution is 2.33. The Kier molecular flexibility index (Phi) is 7.67. The Labute approximate surface area is 210 Å². The number of aromatic nitrogens is 2. The fourth-order valence-electron chi connectivity index (χ4n) is 3.16. The van der Waals surface area contributed by atoms with Gasteiger partial charge in [0.1, 0.15) is 11.5 Å². The maximum Gasteiger partial charge on any atom is 0.342 e. The first-order chi connectivity index (χ1) is 16.4. The van der Waals surface area contributed by atoms with Gasteiger partial charge in [0, 0.05) is 15.6 Å². The number of halogens is 2. The zero-order valence-corrected chi connectivity index (χ0v) is 20.4. The van der Waals surface area contributed by atoms with Gasteiger partial charge in [-0.3, -0.25) is 0 Å². The monoisotopic (exact) mass is 514 g/mol. The third-order valence-corrected chi connectivity index (χ3v) is 6.23. The molecule has 0 saturated carbocycles. The molecular weight excluding hydrogens is 495 g/mol. The minimum atomic E-state index is -1.05. The van der Waals surface area contributed by atoms with Crippen LogP contribution in [0.25, 0.3) is 17.1 Å². The van der Waals surface area contributed by atoms with E-state index in [1.54, 1.807) is 42.5 Å². The summed E-state index contributed by atoms with van der Waals surface area (Å²) in [6.07, 6.45) is 1.57. The molecule has 0 amide bonds. The van der Waals surface area contributed by atoms with Gasteiger partial charge in [-0.05, 0) is 66.7 Å². The second-order valence-corrected chi connectivity index (χ2v) is 9.01. The lowest BCUT2D eigenvalue weighted by molar-refractivity contribution is -0.131. The molecule has 4 aromatic rings. The van der Waals surface area contributed by atoms with Crippen LogP contribution in [0.5, 0.6) is 11.5 Å². The lowest BCUT2D eigenvalue weighted by Gasteiger charge is -2.13. The summed E-state index contributed by atoms with van der Waals surface area (Å²) in [4.78, 5) is 19.6. The van der Waals surface area contributed by atoms with E-state index >= 15 is 0 Å². The highest BCUT2D eigenvalue weighted by atomic mass is 35.5. The maximum absolute atomic E-state index is 11.9. The van der Waals surface area contributed by atoms with Gasteiger partial charge in [0.15, 0.2) is 16.7 Å². The first-order valence-corrected chi connectivity index (χ1v) is 11.9. The number of para-hydroxylation sites is 2. The van der Waals surface area contributed by atoms with E-state index in [4.69, 9.17) is 32.7 Å². The Morgan fingerprint density at radius 3 is 2.65 bits per heavy atom. The molecule has 2 N–H and O–H groups in total. The van der Waals surface area contributed by atoms with E-state index in [1.165, 1.54) is 0 Å². The Morgan fingerprint density at radius 1 is 1.09 bits per heavy atom. The van der Waals surface area contributed by atoms with Crippen molar-refractivity contribution in [1.82, 2.24) is 9.97 Å². The number of fused-ring (bicyclic) bond motifs is 1. The number of imidazole rings is 1. The minimum Gasteiger partial charge on any atom is -0.490 e. The average Bonchev–Trinajstić information content (AvgIpc) is 3.22. The molecular formula is C25H20Cl2N2O4S. The molecule has 6 nitrogen and oxygen atoms in total. The van der Waals surface area contributed by atoms with Gasteiger partial charge in [0.05, 0.1) is 17.6 Å². The Balaban J connectivity index is 1.56. The summed E-state index contributed by atoms with van der Waals surface area (Å²) in [6.45, 7) is 2.51. The standard InChI is InChI=1S/C25H20Cl2N2O4S/c1-2-32-22-11-15(7-10-21(22)33-14-16-8-9-17(26)13-18(16)27)12-23(24(30)31)34-25-28-19-5-3-4-6-20(19)29-25/h3-13H,2,14H2,1H3,(H,28,29)(H,30,31)/b23-12-. The van der Waals surface area contributed by atoms with Crippen LogP contribution in [0.2, 0.25) is 10.0 Å². The van der Waals surface area contributed by atoms with Gasteiger partial charge in [-0.2, -0.15) is 0 Å². The summed E-state index contributed by atoms with van der Waals surface area (Å²) in [7, 11) is 0. The molecule has 9 heteroatoms. The number of H-pyrrole nitrogens is 1. The van der Waals surface area contributed by atoms with Crippen molar-refractivity contribution in [3.63, 3.8) is 0 Å². The number of aromatic amines is 1. The van der Waals surface area contributed by atoms with Crippen molar-refractivity contribution in [1.29, 1.82) is 0 Å². The second-order valence-electron chi connectivity index (χ2n) is 7.14. The first kappa shape index (κ1) is 24.0. The molecule has 174 valence electrons. The molecule has 1 aromatic heterocycles. The van der Waals surface area contributed by atoms with E-state index in [0.717, 1.165) is 28.4 Å². The van der Waals surface area contributed by atoms with Gasteiger partial charge >= 0.3 is 5.97 Å². The second kappa shape index (κ2) is 10.9.